The number of hydrogen-bond acceptors (Lipinski definition) is 6. The molecular formula is C18H27N5O5. The minimum absolute atomic E-state index is 0.0732. The normalized spacial score (nSPS) is 16.4. The summed E-state index contributed by atoms with van der Waals surface area (Å²) in [4.78, 5) is 41.2. The number of amides is 4. The van der Waals surface area contributed by atoms with Gasteiger partial charge in [0.2, 0.25) is 5.88 Å². The number of nitrogens with one attached hydrogen (secondary N) is 2. The van der Waals surface area contributed by atoms with Crippen molar-refractivity contribution in [2.75, 3.05) is 32.1 Å². The minimum Gasteiger partial charge on any atom is -0.480 e. The van der Waals surface area contributed by atoms with Crippen LogP contribution in [-0.2, 0) is 4.74 Å². The summed E-state index contributed by atoms with van der Waals surface area (Å²) < 4.78 is 10.3. The third kappa shape index (κ3) is 6.00. The van der Waals surface area contributed by atoms with Crippen LogP contribution in [0.3, 0.4) is 0 Å². The number of carbonyl (C=O) groups is 3. The summed E-state index contributed by atoms with van der Waals surface area (Å²) in [5.41, 5.74) is 5.13. The van der Waals surface area contributed by atoms with Gasteiger partial charge >= 0.3 is 12.1 Å². The Labute approximate surface area is 163 Å². The highest BCUT2D eigenvalue weighted by Gasteiger charge is 2.29. The van der Waals surface area contributed by atoms with E-state index in [0.717, 1.165) is 6.42 Å². The van der Waals surface area contributed by atoms with Crippen LogP contribution < -0.4 is 21.1 Å². The Morgan fingerprint density at radius 2 is 2.07 bits per heavy atom. The molecular weight excluding hydrogens is 366 g/mol. The largest absolute Gasteiger partial charge is 0.480 e. The zero-order valence-corrected chi connectivity index (χ0v) is 16.6. The van der Waals surface area contributed by atoms with Crippen LogP contribution in [0.4, 0.5) is 15.3 Å². The number of methoxy groups -OCH3 is 1. The number of pyridine rings is 1. The van der Waals surface area contributed by atoms with E-state index in [0.29, 0.717) is 25.3 Å². The molecule has 1 saturated heterocycles. The van der Waals surface area contributed by atoms with Gasteiger partial charge in [-0.05, 0) is 39.2 Å². The van der Waals surface area contributed by atoms with Gasteiger partial charge in [0.25, 0.3) is 5.91 Å². The molecule has 0 aliphatic carbocycles. The van der Waals surface area contributed by atoms with Gasteiger partial charge in [-0.15, -0.1) is 0 Å². The van der Waals surface area contributed by atoms with Gasteiger partial charge in [-0.3, -0.25) is 4.79 Å². The van der Waals surface area contributed by atoms with Crippen LogP contribution >= 0.6 is 0 Å². The maximum Gasteiger partial charge on any atom is 0.410 e. The highest BCUT2D eigenvalue weighted by Crippen LogP contribution is 2.20. The quantitative estimate of drug-likeness (QED) is 0.695. The highest BCUT2D eigenvalue weighted by atomic mass is 16.6. The third-order valence-corrected chi connectivity index (χ3v) is 4.06. The smallest absolute Gasteiger partial charge is 0.410 e. The molecule has 10 nitrogen and oxygen atoms in total. The molecule has 2 rings (SSSR count). The molecule has 0 radical (unpaired) electrons. The Morgan fingerprint density at radius 3 is 2.68 bits per heavy atom. The number of nitrogens with zero attached hydrogens (tertiary/aromatic N) is 2. The van der Waals surface area contributed by atoms with Crippen molar-refractivity contribution in [1.29, 1.82) is 0 Å². The van der Waals surface area contributed by atoms with Crippen molar-refractivity contribution < 1.29 is 23.9 Å². The Morgan fingerprint density at radius 1 is 1.36 bits per heavy atom. The zero-order valence-electron chi connectivity index (χ0n) is 16.6. The van der Waals surface area contributed by atoms with Crippen molar-refractivity contribution in [3.05, 3.63) is 17.8 Å². The molecule has 10 heteroatoms. The summed E-state index contributed by atoms with van der Waals surface area (Å²) in [5.74, 6) is -0.485. The summed E-state index contributed by atoms with van der Waals surface area (Å²) in [6, 6.07) is 0.950. The van der Waals surface area contributed by atoms with E-state index in [2.05, 4.69) is 15.6 Å². The van der Waals surface area contributed by atoms with E-state index in [1.165, 1.54) is 19.4 Å². The van der Waals surface area contributed by atoms with Gasteiger partial charge in [0, 0.05) is 19.6 Å². The van der Waals surface area contributed by atoms with Gasteiger partial charge in [0.05, 0.1) is 19.0 Å². The summed E-state index contributed by atoms with van der Waals surface area (Å²) in [6.45, 7) is 6.97. The first-order valence-corrected chi connectivity index (χ1v) is 8.95. The van der Waals surface area contributed by atoms with Gasteiger partial charge in [-0.2, -0.15) is 0 Å². The molecule has 154 valence electrons. The average Bonchev–Trinajstić information content (AvgIpc) is 3.07. The summed E-state index contributed by atoms with van der Waals surface area (Å²) in [6.07, 6.45) is 1.79. The number of likely N-dealkylation sites (tertiary alicyclic amines) is 1. The van der Waals surface area contributed by atoms with Gasteiger partial charge in [-0.1, -0.05) is 0 Å². The fraction of sp³-hybridized carbons (Fsp3) is 0.556. The molecule has 28 heavy (non-hydrogen) atoms. The molecule has 1 atom stereocenters. The molecule has 1 fully saturated rings. The molecule has 0 aromatic carbocycles. The number of aromatic nitrogens is 1. The maximum atomic E-state index is 12.1. The second-order valence-electron chi connectivity index (χ2n) is 7.56. The first-order chi connectivity index (χ1) is 13.1. The first kappa shape index (κ1) is 21.3. The van der Waals surface area contributed by atoms with E-state index in [9.17, 15) is 14.4 Å². The first-order valence-electron chi connectivity index (χ1n) is 8.95. The predicted octanol–water partition coefficient (Wildman–Crippen LogP) is 1.57. The van der Waals surface area contributed by atoms with Crippen LogP contribution in [0.2, 0.25) is 0 Å². The number of hydrogen-bond donors (Lipinski definition) is 3. The Bertz CT molecular complexity index is 746. The number of anilines is 1. The van der Waals surface area contributed by atoms with E-state index in [-0.39, 0.29) is 23.5 Å². The third-order valence-electron chi connectivity index (χ3n) is 4.06. The van der Waals surface area contributed by atoms with Crippen molar-refractivity contribution in [3.63, 3.8) is 0 Å². The number of rotatable bonds is 5. The van der Waals surface area contributed by atoms with E-state index in [4.69, 9.17) is 15.2 Å². The molecule has 0 bridgehead atoms. The molecule has 1 aromatic rings. The molecule has 2 heterocycles. The van der Waals surface area contributed by atoms with Crippen molar-refractivity contribution in [2.24, 2.45) is 11.7 Å². The van der Waals surface area contributed by atoms with Gasteiger partial charge < -0.3 is 30.7 Å². The van der Waals surface area contributed by atoms with Crippen LogP contribution in [0.15, 0.2) is 12.3 Å². The topological polar surface area (TPSA) is 136 Å². The Kier molecular flexibility index (Phi) is 6.66. The number of nitrogens with two attached hydrogens (primary N) is 1. The molecule has 1 unspecified atom stereocenters. The van der Waals surface area contributed by atoms with Crippen LogP contribution in [-0.4, -0.2) is 60.3 Å². The number of urea groups is 1. The highest BCUT2D eigenvalue weighted by molar-refractivity contribution is 5.97. The summed E-state index contributed by atoms with van der Waals surface area (Å²) in [5, 5.41) is 5.35. The van der Waals surface area contributed by atoms with Crippen LogP contribution in [0.5, 0.6) is 5.88 Å². The molecule has 1 aliphatic heterocycles. The van der Waals surface area contributed by atoms with Crippen LogP contribution in [0, 0.1) is 5.92 Å². The maximum absolute atomic E-state index is 12.1. The lowest BCUT2D eigenvalue weighted by Gasteiger charge is -2.24. The SMILES string of the molecule is COc1ncc(NC(=O)NCC2CCN(C(=O)OC(C)(C)C)C2)cc1C(N)=O. The fourth-order valence-electron chi connectivity index (χ4n) is 2.76. The van der Waals surface area contributed by atoms with Crippen molar-refractivity contribution in [2.45, 2.75) is 32.8 Å². The average molecular weight is 393 g/mol. The van der Waals surface area contributed by atoms with E-state index < -0.39 is 17.5 Å². The van der Waals surface area contributed by atoms with Crippen LogP contribution in [0.1, 0.15) is 37.6 Å². The van der Waals surface area contributed by atoms with Gasteiger partial charge in [-0.25, -0.2) is 14.6 Å². The monoisotopic (exact) mass is 393 g/mol. The van der Waals surface area contributed by atoms with Crippen LogP contribution in [0.25, 0.3) is 0 Å². The molecule has 4 amide bonds. The minimum atomic E-state index is -0.707. The standard InChI is InChI=1S/C18H27N5O5/c1-18(2,3)28-17(26)23-6-5-11(10-23)8-21-16(25)22-12-7-13(14(19)24)15(27-4)20-9-12/h7,9,11H,5-6,8,10H2,1-4H3,(H2,19,24)(H2,21,22,25). The van der Waals surface area contributed by atoms with Gasteiger partial charge in [0.15, 0.2) is 0 Å². The van der Waals surface area contributed by atoms with Crippen molar-refractivity contribution in [1.82, 2.24) is 15.2 Å². The van der Waals surface area contributed by atoms with E-state index in [1.54, 1.807) is 4.90 Å². The molecule has 0 spiro atoms. The zero-order chi connectivity index (χ0) is 20.9. The lowest BCUT2D eigenvalue weighted by Crippen LogP contribution is -2.37. The lowest BCUT2D eigenvalue weighted by atomic mass is 10.1. The Balaban J connectivity index is 1.83. The second kappa shape index (κ2) is 8.77. The van der Waals surface area contributed by atoms with E-state index >= 15 is 0 Å². The van der Waals surface area contributed by atoms with Gasteiger partial charge in [0.1, 0.15) is 11.2 Å². The molecule has 1 aliphatic rings. The Hall–Kier alpha value is -3.04. The predicted molar refractivity (Wildman–Crippen MR) is 102 cm³/mol. The molecule has 0 saturated carbocycles. The number of carbonyl (C=O) groups excluding carboxylic acids is 3. The van der Waals surface area contributed by atoms with E-state index in [1.807, 2.05) is 20.8 Å². The number of ether oxygens (including phenoxy) is 2. The molecule has 4 N–H and O–H groups in total. The summed E-state index contributed by atoms with van der Waals surface area (Å²) >= 11 is 0. The van der Waals surface area contributed by atoms with Crippen molar-refractivity contribution in [3.8, 4) is 5.88 Å². The fourth-order valence-corrected chi connectivity index (χ4v) is 2.76. The summed E-state index contributed by atoms with van der Waals surface area (Å²) in [7, 11) is 1.37. The molecule has 1 aromatic heterocycles. The lowest BCUT2D eigenvalue weighted by molar-refractivity contribution is 0.0288. The second-order valence-corrected chi connectivity index (χ2v) is 7.56. The van der Waals surface area contributed by atoms with Crippen molar-refractivity contribution >= 4 is 23.7 Å². The number of primary amides is 1.